The number of ether oxygens (including phenoxy) is 1. The van der Waals surface area contributed by atoms with Gasteiger partial charge < -0.3 is 14.7 Å². The maximum absolute atomic E-state index is 12.3. The third-order valence-electron chi connectivity index (χ3n) is 3.61. The zero-order valence-corrected chi connectivity index (χ0v) is 12.4. The maximum atomic E-state index is 12.3. The first-order chi connectivity index (χ1) is 9.90. The van der Waals surface area contributed by atoms with Crippen LogP contribution in [0.2, 0.25) is 0 Å². The van der Waals surface area contributed by atoms with Gasteiger partial charge in [-0.2, -0.15) is 4.98 Å². The first-order valence-corrected chi connectivity index (χ1v) is 6.76. The van der Waals surface area contributed by atoms with Gasteiger partial charge in [-0.3, -0.25) is 0 Å². The van der Waals surface area contributed by atoms with E-state index in [-0.39, 0.29) is 0 Å². The molecule has 9 heteroatoms. The molecule has 2 aromatic rings. The van der Waals surface area contributed by atoms with E-state index < -0.39 is 24.1 Å². The first kappa shape index (κ1) is 14.0. The van der Waals surface area contributed by atoms with Crippen molar-refractivity contribution in [3.05, 3.63) is 10.5 Å². The fraction of sp³-hybridized carbons (Fsp3) is 0.667. The molecule has 114 valence electrons. The summed E-state index contributed by atoms with van der Waals surface area (Å²) in [4.78, 5) is 18.1. The highest BCUT2D eigenvalue weighted by Gasteiger charge is 2.30. The summed E-state index contributed by atoms with van der Waals surface area (Å²) in [5, 5.41) is 18.0. The number of rotatable bonds is 2. The standard InChI is InChI=1S/C12H18N6O3/c1-6(19)8-5-17-11-9(14-15-17)10(16(3)4)13-12(20)18(11)7(2)21-8/h6-8,19H,5H2,1-4H3/t6?,7-,8-/m1/s1. The van der Waals surface area contributed by atoms with Crippen molar-refractivity contribution in [2.45, 2.75) is 38.8 Å². The summed E-state index contributed by atoms with van der Waals surface area (Å²) < 4.78 is 8.77. The molecule has 0 saturated carbocycles. The van der Waals surface area contributed by atoms with Gasteiger partial charge in [0, 0.05) is 14.1 Å². The maximum Gasteiger partial charge on any atom is 0.353 e. The van der Waals surface area contributed by atoms with Crippen LogP contribution >= 0.6 is 0 Å². The molecule has 3 heterocycles. The van der Waals surface area contributed by atoms with Gasteiger partial charge >= 0.3 is 5.69 Å². The Morgan fingerprint density at radius 3 is 2.81 bits per heavy atom. The molecule has 21 heavy (non-hydrogen) atoms. The van der Waals surface area contributed by atoms with Crippen LogP contribution in [0.5, 0.6) is 0 Å². The normalized spacial score (nSPS) is 23.1. The molecule has 0 aromatic carbocycles. The van der Waals surface area contributed by atoms with Crippen LogP contribution in [0.4, 0.5) is 5.82 Å². The largest absolute Gasteiger partial charge is 0.391 e. The average molecular weight is 294 g/mol. The van der Waals surface area contributed by atoms with Crippen molar-refractivity contribution in [2.75, 3.05) is 19.0 Å². The van der Waals surface area contributed by atoms with Crippen LogP contribution in [-0.2, 0) is 11.3 Å². The lowest BCUT2D eigenvalue weighted by Gasteiger charge is -2.22. The van der Waals surface area contributed by atoms with E-state index in [9.17, 15) is 9.90 Å². The topological polar surface area (TPSA) is 98.3 Å². The molecule has 1 aliphatic heterocycles. The van der Waals surface area contributed by atoms with Crippen LogP contribution in [-0.4, -0.2) is 56.0 Å². The molecule has 0 spiro atoms. The van der Waals surface area contributed by atoms with Crippen LogP contribution in [0.3, 0.4) is 0 Å². The molecule has 9 nitrogen and oxygen atoms in total. The van der Waals surface area contributed by atoms with Gasteiger partial charge in [-0.15, -0.1) is 5.10 Å². The predicted molar refractivity (Wildman–Crippen MR) is 75.2 cm³/mol. The summed E-state index contributed by atoms with van der Waals surface area (Å²) in [6.45, 7) is 3.72. The van der Waals surface area contributed by atoms with Gasteiger partial charge in [-0.05, 0) is 13.8 Å². The molecule has 1 N–H and O–H groups in total. The summed E-state index contributed by atoms with van der Waals surface area (Å²) in [5.41, 5.74) is 0.684. The quantitative estimate of drug-likeness (QED) is 0.786. The Morgan fingerprint density at radius 1 is 1.48 bits per heavy atom. The molecule has 0 amide bonds. The summed E-state index contributed by atoms with van der Waals surface area (Å²) in [6, 6.07) is 0. The van der Waals surface area contributed by atoms with E-state index in [1.165, 1.54) is 4.57 Å². The van der Waals surface area contributed by atoms with Crippen molar-refractivity contribution in [2.24, 2.45) is 0 Å². The Morgan fingerprint density at radius 2 is 2.19 bits per heavy atom. The SMILES string of the molecule is CC(O)[C@H]1Cn2nnc3c(N(C)C)nc(=O)n(c32)[C@@H](C)O1. The van der Waals surface area contributed by atoms with Crippen molar-refractivity contribution < 1.29 is 9.84 Å². The van der Waals surface area contributed by atoms with Crippen LogP contribution in [0, 0.1) is 0 Å². The Balaban J connectivity index is 2.30. The van der Waals surface area contributed by atoms with Crippen LogP contribution in [0.15, 0.2) is 4.79 Å². The van der Waals surface area contributed by atoms with Gasteiger partial charge in [0.2, 0.25) is 0 Å². The van der Waals surface area contributed by atoms with Gasteiger partial charge in [-0.25, -0.2) is 14.0 Å². The highest BCUT2D eigenvalue weighted by atomic mass is 16.5. The van der Waals surface area contributed by atoms with E-state index >= 15 is 0 Å². The van der Waals surface area contributed by atoms with Crippen LogP contribution in [0.25, 0.3) is 11.2 Å². The van der Waals surface area contributed by atoms with Gasteiger partial charge in [0.15, 0.2) is 17.0 Å². The Hall–Kier alpha value is -2.00. The minimum atomic E-state index is -0.682. The predicted octanol–water partition coefficient (Wildman–Crippen LogP) is -0.648. The molecule has 3 atom stereocenters. The number of hydrogen-bond donors (Lipinski definition) is 1. The van der Waals surface area contributed by atoms with Crippen molar-refractivity contribution in [1.29, 1.82) is 0 Å². The van der Waals surface area contributed by atoms with Crippen molar-refractivity contribution in [1.82, 2.24) is 24.5 Å². The van der Waals surface area contributed by atoms with Gasteiger partial charge in [0.25, 0.3) is 0 Å². The summed E-state index contributed by atoms with van der Waals surface area (Å²) in [5.74, 6) is 0.472. The third-order valence-corrected chi connectivity index (χ3v) is 3.61. The lowest BCUT2D eigenvalue weighted by atomic mass is 10.2. The number of nitrogens with zero attached hydrogens (tertiary/aromatic N) is 6. The Kier molecular flexibility index (Phi) is 3.18. The fourth-order valence-corrected chi connectivity index (χ4v) is 2.54. The molecule has 0 bridgehead atoms. The first-order valence-electron chi connectivity index (χ1n) is 6.76. The van der Waals surface area contributed by atoms with E-state index in [0.717, 1.165) is 0 Å². The van der Waals surface area contributed by atoms with Gasteiger partial charge in [0.1, 0.15) is 12.3 Å². The second kappa shape index (κ2) is 4.78. The van der Waals surface area contributed by atoms with Crippen molar-refractivity contribution in [3.8, 4) is 0 Å². The van der Waals surface area contributed by atoms with E-state index in [1.54, 1.807) is 37.5 Å². The Labute approximate surface area is 120 Å². The number of aliphatic hydroxyl groups excluding tert-OH is 1. The van der Waals surface area contributed by atoms with E-state index in [2.05, 4.69) is 15.3 Å². The molecule has 0 saturated heterocycles. The average Bonchev–Trinajstić information content (AvgIpc) is 2.73. The number of aliphatic hydroxyl groups is 1. The minimum Gasteiger partial charge on any atom is -0.391 e. The van der Waals surface area contributed by atoms with Gasteiger partial charge in [-0.1, -0.05) is 5.21 Å². The smallest absolute Gasteiger partial charge is 0.353 e. The second-order valence-electron chi connectivity index (χ2n) is 5.44. The number of hydrogen-bond acceptors (Lipinski definition) is 7. The molecule has 3 rings (SSSR count). The summed E-state index contributed by atoms with van der Waals surface area (Å²) >= 11 is 0. The van der Waals surface area contributed by atoms with E-state index in [0.29, 0.717) is 23.5 Å². The van der Waals surface area contributed by atoms with E-state index in [4.69, 9.17) is 4.74 Å². The molecule has 0 radical (unpaired) electrons. The zero-order valence-electron chi connectivity index (χ0n) is 12.4. The molecule has 1 unspecified atom stereocenters. The highest BCUT2D eigenvalue weighted by Crippen LogP contribution is 2.26. The lowest BCUT2D eigenvalue weighted by molar-refractivity contribution is -0.0941. The molecule has 0 aliphatic carbocycles. The molecule has 2 aromatic heterocycles. The molecular weight excluding hydrogens is 276 g/mol. The summed E-state index contributed by atoms with van der Waals surface area (Å²) in [6.07, 6.45) is -1.70. The molecule has 0 fully saturated rings. The number of anilines is 1. The van der Waals surface area contributed by atoms with Crippen LogP contribution < -0.4 is 10.6 Å². The molecule has 1 aliphatic rings. The minimum absolute atomic E-state index is 0.328. The lowest BCUT2D eigenvalue weighted by Crippen LogP contribution is -2.33. The van der Waals surface area contributed by atoms with Crippen molar-refractivity contribution in [3.63, 3.8) is 0 Å². The monoisotopic (exact) mass is 294 g/mol. The van der Waals surface area contributed by atoms with Crippen molar-refractivity contribution >= 4 is 17.0 Å². The third kappa shape index (κ3) is 2.09. The second-order valence-corrected chi connectivity index (χ2v) is 5.44. The zero-order chi connectivity index (χ0) is 15.3. The number of aromatic nitrogens is 5. The van der Waals surface area contributed by atoms with Gasteiger partial charge in [0.05, 0.1) is 12.6 Å². The molecular formula is C12H18N6O3. The van der Waals surface area contributed by atoms with Crippen LogP contribution in [0.1, 0.15) is 20.1 Å². The highest BCUT2D eigenvalue weighted by molar-refractivity contribution is 5.82. The fourth-order valence-electron chi connectivity index (χ4n) is 2.54. The summed E-state index contributed by atoms with van der Waals surface area (Å²) in [7, 11) is 3.59. The Bertz CT molecular complexity index is 734. The van der Waals surface area contributed by atoms with E-state index in [1.807, 2.05) is 0 Å².